The zero-order valence-corrected chi connectivity index (χ0v) is 11.5. The summed E-state index contributed by atoms with van der Waals surface area (Å²) in [5, 5.41) is 12.8. The van der Waals surface area contributed by atoms with Crippen LogP contribution in [0.3, 0.4) is 0 Å². The number of rotatable bonds is 3. The Morgan fingerprint density at radius 2 is 1.89 bits per heavy atom. The van der Waals surface area contributed by atoms with Crippen molar-refractivity contribution in [2.75, 3.05) is 5.32 Å². The molecule has 0 aliphatic heterocycles. The van der Waals surface area contributed by atoms with Gasteiger partial charge in [0.2, 0.25) is 0 Å². The highest BCUT2D eigenvalue weighted by molar-refractivity contribution is 6.31. The van der Waals surface area contributed by atoms with Gasteiger partial charge in [0, 0.05) is 10.7 Å². The number of nitrogens with one attached hydrogen (secondary N) is 1. The zero-order chi connectivity index (χ0) is 14.0. The maximum absolute atomic E-state index is 11.2. The molecule has 0 heterocycles. The first-order valence-electron chi connectivity index (χ1n) is 5.85. The molecular weight excluding hydrogens is 262 g/mol. The summed E-state index contributed by atoms with van der Waals surface area (Å²) >= 11 is 5.93. The van der Waals surface area contributed by atoms with Crippen LogP contribution in [0.2, 0.25) is 5.02 Å². The lowest BCUT2D eigenvalue weighted by molar-refractivity contribution is 0.0698. The number of carboxylic acid groups (broad SMARTS) is 1. The van der Waals surface area contributed by atoms with Crippen molar-refractivity contribution in [2.24, 2.45) is 0 Å². The average molecular weight is 276 g/mol. The second-order valence-corrected chi connectivity index (χ2v) is 4.80. The van der Waals surface area contributed by atoms with E-state index in [-0.39, 0.29) is 5.56 Å². The second kappa shape index (κ2) is 5.33. The second-order valence-electron chi connectivity index (χ2n) is 4.37. The predicted octanol–water partition coefficient (Wildman–Crippen LogP) is 4.40. The van der Waals surface area contributed by atoms with Gasteiger partial charge in [0.25, 0.3) is 0 Å². The summed E-state index contributed by atoms with van der Waals surface area (Å²) in [6.45, 7) is 4.00. The minimum absolute atomic E-state index is 0.199. The highest BCUT2D eigenvalue weighted by atomic mass is 35.5. The first-order valence-corrected chi connectivity index (χ1v) is 6.23. The van der Waals surface area contributed by atoms with Crippen LogP contribution in [0.25, 0.3) is 0 Å². The van der Waals surface area contributed by atoms with Crippen molar-refractivity contribution >= 4 is 28.9 Å². The summed E-state index contributed by atoms with van der Waals surface area (Å²) in [7, 11) is 0. The molecule has 4 heteroatoms. The molecule has 0 saturated heterocycles. The van der Waals surface area contributed by atoms with Gasteiger partial charge in [-0.2, -0.15) is 0 Å². The van der Waals surface area contributed by atoms with E-state index in [0.29, 0.717) is 10.7 Å². The lowest BCUT2D eigenvalue weighted by Gasteiger charge is -2.13. The highest BCUT2D eigenvalue weighted by Gasteiger charge is 2.11. The SMILES string of the molecule is Cc1cccc(Nc2cc(Cl)ccc2C(=O)O)c1C. The maximum Gasteiger partial charge on any atom is 0.337 e. The molecule has 19 heavy (non-hydrogen) atoms. The third-order valence-corrected chi connectivity index (χ3v) is 3.32. The van der Waals surface area contributed by atoms with Crippen LogP contribution in [0.1, 0.15) is 21.5 Å². The Morgan fingerprint density at radius 3 is 2.58 bits per heavy atom. The number of halogens is 1. The molecule has 0 amide bonds. The van der Waals surface area contributed by atoms with Crippen molar-refractivity contribution in [2.45, 2.75) is 13.8 Å². The molecule has 2 aromatic rings. The smallest absolute Gasteiger partial charge is 0.337 e. The number of hydrogen-bond acceptors (Lipinski definition) is 2. The normalized spacial score (nSPS) is 10.3. The molecule has 0 aliphatic carbocycles. The first kappa shape index (κ1) is 13.4. The fourth-order valence-electron chi connectivity index (χ4n) is 1.84. The first-order chi connectivity index (χ1) is 8.99. The van der Waals surface area contributed by atoms with E-state index in [1.165, 1.54) is 6.07 Å². The lowest BCUT2D eigenvalue weighted by atomic mass is 10.1. The zero-order valence-electron chi connectivity index (χ0n) is 10.7. The van der Waals surface area contributed by atoms with Gasteiger partial charge in [-0.25, -0.2) is 4.79 Å². The molecule has 2 aromatic carbocycles. The standard InChI is InChI=1S/C15H14ClNO2/c1-9-4-3-5-13(10(9)2)17-14-8-11(16)6-7-12(14)15(18)19/h3-8,17H,1-2H3,(H,18,19). The topological polar surface area (TPSA) is 49.3 Å². The molecule has 0 aromatic heterocycles. The summed E-state index contributed by atoms with van der Waals surface area (Å²) < 4.78 is 0. The van der Waals surface area contributed by atoms with E-state index in [0.717, 1.165) is 16.8 Å². The summed E-state index contributed by atoms with van der Waals surface area (Å²) in [6, 6.07) is 10.5. The minimum atomic E-state index is -0.982. The van der Waals surface area contributed by atoms with Gasteiger partial charge >= 0.3 is 5.97 Å². The van der Waals surface area contributed by atoms with Gasteiger partial charge in [-0.15, -0.1) is 0 Å². The van der Waals surface area contributed by atoms with Gasteiger partial charge < -0.3 is 10.4 Å². The largest absolute Gasteiger partial charge is 0.478 e. The van der Waals surface area contributed by atoms with Gasteiger partial charge in [0.1, 0.15) is 0 Å². The van der Waals surface area contributed by atoms with E-state index in [4.69, 9.17) is 11.6 Å². The van der Waals surface area contributed by atoms with Crippen LogP contribution in [0.4, 0.5) is 11.4 Å². The summed E-state index contributed by atoms with van der Waals surface area (Å²) in [5.74, 6) is -0.982. The van der Waals surface area contributed by atoms with Gasteiger partial charge in [-0.1, -0.05) is 23.7 Å². The van der Waals surface area contributed by atoms with Crippen LogP contribution in [0.5, 0.6) is 0 Å². The van der Waals surface area contributed by atoms with Crippen LogP contribution < -0.4 is 5.32 Å². The number of anilines is 2. The molecule has 2 N–H and O–H groups in total. The molecule has 0 bridgehead atoms. The number of aryl methyl sites for hydroxylation is 1. The molecule has 0 unspecified atom stereocenters. The van der Waals surface area contributed by atoms with E-state index in [2.05, 4.69) is 5.32 Å². The molecule has 0 saturated carbocycles. The van der Waals surface area contributed by atoms with Gasteiger partial charge in [-0.3, -0.25) is 0 Å². The van der Waals surface area contributed by atoms with E-state index in [1.807, 2.05) is 32.0 Å². The van der Waals surface area contributed by atoms with Crippen molar-refractivity contribution in [1.82, 2.24) is 0 Å². The van der Waals surface area contributed by atoms with E-state index in [1.54, 1.807) is 12.1 Å². The number of carbonyl (C=O) groups is 1. The Bertz CT molecular complexity index is 638. The maximum atomic E-state index is 11.2. The average Bonchev–Trinajstić information content (AvgIpc) is 2.35. The number of aromatic carboxylic acids is 1. The van der Waals surface area contributed by atoms with Gasteiger partial charge in [0.05, 0.1) is 11.3 Å². The Balaban J connectivity index is 2.45. The monoisotopic (exact) mass is 275 g/mol. The van der Waals surface area contributed by atoms with Crippen molar-refractivity contribution in [1.29, 1.82) is 0 Å². The number of hydrogen-bond donors (Lipinski definition) is 2. The highest BCUT2D eigenvalue weighted by Crippen LogP contribution is 2.27. The van der Waals surface area contributed by atoms with Gasteiger partial charge in [-0.05, 0) is 49.2 Å². The number of carboxylic acids is 1. The van der Waals surface area contributed by atoms with E-state index in [9.17, 15) is 9.90 Å². The van der Waals surface area contributed by atoms with E-state index >= 15 is 0 Å². The minimum Gasteiger partial charge on any atom is -0.478 e. The quantitative estimate of drug-likeness (QED) is 0.873. The molecule has 2 rings (SSSR count). The van der Waals surface area contributed by atoms with Gasteiger partial charge in [0.15, 0.2) is 0 Å². The third kappa shape index (κ3) is 2.88. The van der Waals surface area contributed by atoms with Crippen molar-refractivity contribution in [3.8, 4) is 0 Å². The Kier molecular flexibility index (Phi) is 3.76. The van der Waals surface area contributed by atoms with Crippen LogP contribution in [0, 0.1) is 13.8 Å². The van der Waals surface area contributed by atoms with E-state index < -0.39 is 5.97 Å². The van der Waals surface area contributed by atoms with Crippen LogP contribution in [-0.4, -0.2) is 11.1 Å². The summed E-state index contributed by atoms with van der Waals surface area (Å²) in [6.07, 6.45) is 0. The van der Waals surface area contributed by atoms with Crippen LogP contribution in [-0.2, 0) is 0 Å². The Morgan fingerprint density at radius 1 is 1.16 bits per heavy atom. The number of benzene rings is 2. The predicted molar refractivity (Wildman–Crippen MR) is 77.6 cm³/mol. The molecule has 0 radical (unpaired) electrons. The van der Waals surface area contributed by atoms with Crippen LogP contribution >= 0.6 is 11.6 Å². The molecule has 0 atom stereocenters. The lowest BCUT2D eigenvalue weighted by Crippen LogP contribution is -2.03. The molecule has 98 valence electrons. The fraction of sp³-hybridized carbons (Fsp3) is 0.133. The Hall–Kier alpha value is -2.00. The van der Waals surface area contributed by atoms with Crippen molar-refractivity contribution < 1.29 is 9.90 Å². The molecule has 0 spiro atoms. The van der Waals surface area contributed by atoms with Crippen molar-refractivity contribution in [3.05, 3.63) is 58.1 Å². The summed E-state index contributed by atoms with van der Waals surface area (Å²) in [4.78, 5) is 11.2. The molecular formula is C15H14ClNO2. The fourth-order valence-corrected chi connectivity index (χ4v) is 2.01. The molecule has 0 aliphatic rings. The van der Waals surface area contributed by atoms with Crippen molar-refractivity contribution in [3.63, 3.8) is 0 Å². The van der Waals surface area contributed by atoms with Crippen LogP contribution in [0.15, 0.2) is 36.4 Å². The Labute approximate surface area is 116 Å². The third-order valence-electron chi connectivity index (χ3n) is 3.09. The molecule has 3 nitrogen and oxygen atoms in total. The summed E-state index contributed by atoms with van der Waals surface area (Å²) in [5.41, 5.74) is 3.80. The molecule has 0 fully saturated rings.